The Kier molecular flexibility index (Phi) is 5.66. The first-order chi connectivity index (χ1) is 9.09. The van der Waals surface area contributed by atoms with Gasteiger partial charge in [-0.25, -0.2) is 13.1 Å². The lowest BCUT2D eigenvalue weighted by molar-refractivity contribution is 0.391. The summed E-state index contributed by atoms with van der Waals surface area (Å²) in [6, 6.07) is 0.547. The van der Waals surface area contributed by atoms with Crippen molar-refractivity contribution in [3.63, 3.8) is 0 Å². The maximum Gasteiger partial charge on any atom is 0.211 e. The highest BCUT2D eigenvalue weighted by molar-refractivity contribution is 7.89. The van der Waals surface area contributed by atoms with Crippen molar-refractivity contribution in [1.82, 2.24) is 10.0 Å². The van der Waals surface area contributed by atoms with Gasteiger partial charge in [0.15, 0.2) is 0 Å². The van der Waals surface area contributed by atoms with Crippen molar-refractivity contribution in [2.75, 3.05) is 12.3 Å². The summed E-state index contributed by atoms with van der Waals surface area (Å²) in [5.41, 5.74) is 0. The van der Waals surface area contributed by atoms with Crippen LogP contribution < -0.4 is 10.0 Å². The lowest BCUT2D eigenvalue weighted by Crippen LogP contribution is -2.40. The molecule has 1 heterocycles. The summed E-state index contributed by atoms with van der Waals surface area (Å²) in [6.45, 7) is 3.11. The summed E-state index contributed by atoms with van der Waals surface area (Å²) in [5, 5.41) is 3.41. The van der Waals surface area contributed by atoms with E-state index in [4.69, 9.17) is 0 Å². The lowest BCUT2D eigenvalue weighted by Gasteiger charge is -2.24. The second-order valence-electron chi connectivity index (χ2n) is 6.16. The summed E-state index contributed by atoms with van der Waals surface area (Å²) >= 11 is 0. The van der Waals surface area contributed by atoms with Gasteiger partial charge in [-0.05, 0) is 44.6 Å². The van der Waals surface area contributed by atoms with Crippen molar-refractivity contribution in [1.29, 1.82) is 0 Å². The van der Waals surface area contributed by atoms with Crippen molar-refractivity contribution in [3.8, 4) is 0 Å². The van der Waals surface area contributed by atoms with Crippen molar-refractivity contribution in [2.45, 2.75) is 70.4 Å². The fourth-order valence-electron chi connectivity index (χ4n) is 2.83. The third-order valence-corrected chi connectivity index (χ3v) is 5.77. The Bertz CT molecular complexity index is 360. The van der Waals surface area contributed by atoms with E-state index in [1.165, 1.54) is 25.7 Å². The van der Waals surface area contributed by atoms with E-state index in [2.05, 4.69) is 17.0 Å². The van der Waals surface area contributed by atoms with Crippen LogP contribution in [0.2, 0.25) is 0 Å². The Labute approximate surface area is 117 Å². The van der Waals surface area contributed by atoms with E-state index < -0.39 is 10.0 Å². The topological polar surface area (TPSA) is 58.2 Å². The summed E-state index contributed by atoms with van der Waals surface area (Å²) in [6.07, 6.45) is 8.80. The Morgan fingerprint density at radius 2 is 2.05 bits per heavy atom. The predicted molar refractivity (Wildman–Crippen MR) is 78.6 cm³/mol. The van der Waals surface area contributed by atoms with Crippen LogP contribution in [0.4, 0.5) is 0 Å². The van der Waals surface area contributed by atoms with E-state index in [0.29, 0.717) is 6.04 Å². The van der Waals surface area contributed by atoms with Gasteiger partial charge in [0, 0.05) is 12.1 Å². The molecule has 2 unspecified atom stereocenters. The van der Waals surface area contributed by atoms with Gasteiger partial charge in [-0.3, -0.25) is 0 Å². The molecule has 1 aliphatic carbocycles. The first-order valence-corrected chi connectivity index (χ1v) is 9.47. The van der Waals surface area contributed by atoms with Gasteiger partial charge in [0.1, 0.15) is 0 Å². The quantitative estimate of drug-likeness (QED) is 0.718. The molecular weight excluding hydrogens is 260 g/mol. The van der Waals surface area contributed by atoms with Crippen LogP contribution in [0.3, 0.4) is 0 Å². The smallest absolute Gasteiger partial charge is 0.211 e. The zero-order valence-electron chi connectivity index (χ0n) is 12.0. The zero-order valence-corrected chi connectivity index (χ0v) is 12.8. The van der Waals surface area contributed by atoms with Gasteiger partial charge in [-0.1, -0.05) is 26.2 Å². The van der Waals surface area contributed by atoms with Crippen LogP contribution in [0.5, 0.6) is 0 Å². The molecule has 0 amide bonds. The number of rotatable bonds is 8. The first-order valence-electron chi connectivity index (χ1n) is 7.82. The van der Waals surface area contributed by atoms with Crippen LogP contribution in [-0.2, 0) is 10.0 Å². The van der Waals surface area contributed by atoms with Crippen LogP contribution in [0.1, 0.15) is 58.3 Å². The third-order valence-electron chi connectivity index (χ3n) is 4.30. The molecule has 1 saturated carbocycles. The monoisotopic (exact) mass is 288 g/mol. The van der Waals surface area contributed by atoms with E-state index in [1.807, 2.05) is 0 Å². The normalized spacial score (nSPS) is 26.3. The highest BCUT2D eigenvalue weighted by atomic mass is 32.2. The number of hydrogen-bond donors (Lipinski definition) is 2. The minimum absolute atomic E-state index is 0.150. The Morgan fingerprint density at radius 1 is 1.26 bits per heavy atom. The van der Waals surface area contributed by atoms with Crippen LogP contribution in [0.15, 0.2) is 0 Å². The van der Waals surface area contributed by atoms with Gasteiger partial charge in [-0.2, -0.15) is 0 Å². The van der Waals surface area contributed by atoms with E-state index in [1.54, 1.807) is 0 Å². The van der Waals surface area contributed by atoms with Crippen LogP contribution in [0.25, 0.3) is 0 Å². The van der Waals surface area contributed by atoms with Crippen molar-refractivity contribution in [2.24, 2.45) is 5.92 Å². The average molecular weight is 288 g/mol. The molecule has 0 aromatic carbocycles. The van der Waals surface area contributed by atoms with Gasteiger partial charge in [0.05, 0.1) is 5.75 Å². The molecule has 2 N–H and O–H groups in total. The average Bonchev–Trinajstić information content (AvgIpc) is 3.21. The third kappa shape index (κ3) is 5.79. The second kappa shape index (κ2) is 7.04. The molecule has 2 fully saturated rings. The molecule has 2 aliphatic rings. The van der Waals surface area contributed by atoms with E-state index in [0.717, 1.165) is 38.1 Å². The molecule has 4 nitrogen and oxygen atoms in total. The van der Waals surface area contributed by atoms with Gasteiger partial charge >= 0.3 is 0 Å². The fourth-order valence-corrected chi connectivity index (χ4v) is 4.32. The van der Waals surface area contributed by atoms with Gasteiger partial charge in [-0.15, -0.1) is 0 Å². The highest BCUT2D eigenvalue weighted by Gasteiger charge is 2.27. The highest BCUT2D eigenvalue weighted by Crippen LogP contribution is 2.34. The van der Waals surface area contributed by atoms with Crippen molar-refractivity contribution in [3.05, 3.63) is 0 Å². The maximum absolute atomic E-state index is 12.1. The van der Waals surface area contributed by atoms with Crippen LogP contribution in [0, 0.1) is 5.92 Å². The molecular formula is C14H28N2O2S. The van der Waals surface area contributed by atoms with Crippen LogP contribution in [-0.4, -0.2) is 32.8 Å². The fraction of sp³-hybridized carbons (Fsp3) is 1.00. The number of piperidine rings is 1. The minimum Gasteiger partial charge on any atom is -0.314 e. The number of sulfonamides is 1. The lowest BCUT2D eigenvalue weighted by atomic mass is 10.0. The van der Waals surface area contributed by atoms with Crippen molar-refractivity contribution >= 4 is 10.0 Å². The predicted octanol–water partition coefficient (Wildman–Crippen LogP) is 2.02. The Hall–Kier alpha value is -0.130. The van der Waals surface area contributed by atoms with Crippen LogP contribution >= 0.6 is 0 Å². The second-order valence-corrected chi connectivity index (χ2v) is 8.03. The molecule has 0 spiro atoms. The molecule has 1 aliphatic heterocycles. The number of hydrogen-bond acceptors (Lipinski definition) is 3. The molecule has 0 bridgehead atoms. The SMILES string of the molecule is CCC(CC1CC1)NS(=O)(=O)CCC1CCCCN1. The molecule has 112 valence electrons. The van der Waals surface area contributed by atoms with Gasteiger partial charge in [0.2, 0.25) is 10.0 Å². The Morgan fingerprint density at radius 3 is 2.63 bits per heavy atom. The molecule has 2 rings (SSSR count). The molecule has 0 aromatic rings. The van der Waals surface area contributed by atoms with E-state index in [9.17, 15) is 8.42 Å². The molecule has 0 aromatic heterocycles. The summed E-state index contributed by atoms with van der Waals surface area (Å²) in [4.78, 5) is 0. The van der Waals surface area contributed by atoms with Gasteiger partial charge in [0.25, 0.3) is 0 Å². The van der Waals surface area contributed by atoms with E-state index in [-0.39, 0.29) is 11.8 Å². The zero-order chi connectivity index (χ0) is 13.7. The molecule has 2 atom stereocenters. The molecule has 5 heteroatoms. The molecule has 1 saturated heterocycles. The number of nitrogens with one attached hydrogen (secondary N) is 2. The standard InChI is InChI=1S/C14H28N2O2S/c1-2-13(11-12-6-7-12)16-19(17,18)10-8-14-5-3-4-9-15-14/h12-16H,2-11H2,1H3. The maximum atomic E-state index is 12.1. The minimum atomic E-state index is -3.10. The largest absolute Gasteiger partial charge is 0.314 e. The molecule has 0 radical (unpaired) electrons. The Balaban J connectivity index is 1.72. The summed E-state index contributed by atoms with van der Waals surface area (Å²) in [5.74, 6) is 1.04. The van der Waals surface area contributed by atoms with Crippen molar-refractivity contribution < 1.29 is 8.42 Å². The summed E-state index contributed by atoms with van der Waals surface area (Å²) in [7, 11) is -3.10. The first kappa shape index (κ1) is 15.3. The summed E-state index contributed by atoms with van der Waals surface area (Å²) < 4.78 is 27.1. The van der Waals surface area contributed by atoms with Gasteiger partial charge < -0.3 is 5.32 Å². The molecule has 19 heavy (non-hydrogen) atoms. The van der Waals surface area contributed by atoms with E-state index >= 15 is 0 Å².